The van der Waals surface area contributed by atoms with Gasteiger partial charge in [0.1, 0.15) is 18.1 Å². The second-order valence-corrected chi connectivity index (χ2v) is 14.6. The topological polar surface area (TPSA) is 252 Å². The molecule has 5 amide bonds. The molecular weight excluding hydrogens is 725 g/mol. The van der Waals surface area contributed by atoms with Gasteiger partial charge in [0.05, 0.1) is 12.8 Å². The molecule has 0 bridgehead atoms. The van der Waals surface area contributed by atoms with Crippen LogP contribution in [0.25, 0.3) is 0 Å². The molecule has 0 aliphatic rings. The monoisotopic (exact) mass is 772 g/mol. The molecule has 1 unspecified atom stereocenters. The Bertz CT molecular complexity index is 1320. The van der Waals surface area contributed by atoms with Gasteiger partial charge in [-0.3, -0.25) is 24.0 Å². The molecule has 19 heteroatoms. The summed E-state index contributed by atoms with van der Waals surface area (Å²) in [4.78, 5) is 83.1. The number of amides is 5. The molecule has 0 saturated carbocycles. The predicted molar refractivity (Wildman–Crippen MR) is 200 cm³/mol. The fourth-order valence-electron chi connectivity index (χ4n) is 4.40. The highest BCUT2D eigenvalue weighted by Crippen LogP contribution is 2.21. The molecule has 0 aliphatic heterocycles. The van der Waals surface area contributed by atoms with E-state index in [0.717, 1.165) is 17.1 Å². The van der Waals surface area contributed by atoms with Crippen LogP contribution >= 0.6 is 33.3 Å². The molecule has 3 atom stereocenters. The summed E-state index contributed by atoms with van der Waals surface area (Å²) >= 11 is 1.73. The van der Waals surface area contributed by atoms with Crippen molar-refractivity contribution >= 4 is 81.2 Å². The molecule has 0 fully saturated rings. The lowest BCUT2D eigenvalue weighted by Crippen LogP contribution is -2.54. The molecule has 284 valence electrons. The highest BCUT2D eigenvalue weighted by atomic mass is 33.1. The number of benzene rings is 1. The number of thioether (sulfide) groups is 1. The van der Waals surface area contributed by atoms with Gasteiger partial charge in [-0.2, -0.15) is 11.8 Å². The first-order valence-corrected chi connectivity index (χ1v) is 20.0. The summed E-state index contributed by atoms with van der Waals surface area (Å²) in [7, 11) is 3.23. The molecule has 1 aromatic rings. The molecule has 51 heavy (non-hydrogen) atoms. The first-order valence-electron chi connectivity index (χ1n) is 16.2. The minimum atomic E-state index is -1.41. The van der Waals surface area contributed by atoms with Gasteiger partial charge in [-0.05, 0) is 49.6 Å². The quantitative estimate of drug-likeness (QED) is 0.0337. The van der Waals surface area contributed by atoms with Crippen LogP contribution in [0.3, 0.4) is 0 Å². The van der Waals surface area contributed by atoms with Crippen molar-refractivity contribution in [2.24, 2.45) is 0 Å². The molecule has 0 aliphatic carbocycles. The van der Waals surface area contributed by atoms with Crippen molar-refractivity contribution in [3.05, 3.63) is 41.6 Å². The molecular formula is C32H48N6O10S3. The van der Waals surface area contributed by atoms with Crippen LogP contribution in [0.4, 0.5) is 10.5 Å². The lowest BCUT2D eigenvalue weighted by molar-refractivity contribution is -0.142. The van der Waals surface area contributed by atoms with Crippen molar-refractivity contribution in [1.29, 1.82) is 0 Å². The van der Waals surface area contributed by atoms with E-state index in [9.17, 15) is 43.8 Å². The fourth-order valence-corrected chi connectivity index (χ4v) is 7.33. The smallest absolute Gasteiger partial charge is 0.326 e. The van der Waals surface area contributed by atoms with Crippen LogP contribution in [0.5, 0.6) is 0 Å². The van der Waals surface area contributed by atoms with Gasteiger partial charge in [-0.15, -0.1) is 0 Å². The van der Waals surface area contributed by atoms with Gasteiger partial charge in [-0.1, -0.05) is 46.7 Å². The number of anilines is 1. The van der Waals surface area contributed by atoms with Crippen LogP contribution in [0.1, 0.15) is 51.0 Å². The van der Waals surface area contributed by atoms with Gasteiger partial charge in [0, 0.05) is 48.2 Å². The first-order chi connectivity index (χ1) is 24.4. The number of rotatable bonds is 28. The van der Waals surface area contributed by atoms with Crippen molar-refractivity contribution in [3.8, 4) is 0 Å². The maximum atomic E-state index is 13.3. The molecule has 16 nitrogen and oxygen atoms in total. The van der Waals surface area contributed by atoms with E-state index >= 15 is 0 Å². The lowest BCUT2D eigenvalue weighted by Gasteiger charge is -2.23. The number of carboxylic acids is 3. The van der Waals surface area contributed by atoms with E-state index in [1.807, 2.05) is 13.2 Å². The molecule has 0 radical (unpaired) electrons. The number of urea groups is 1. The van der Waals surface area contributed by atoms with Crippen LogP contribution in [0, 0.1) is 0 Å². The third-order valence-electron chi connectivity index (χ3n) is 6.83. The second kappa shape index (κ2) is 26.7. The van der Waals surface area contributed by atoms with E-state index in [1.54, 1.807) is 63.7 Å². The average molecular weight is 773 g/mol. The fraction of sp³-hybridized carbons (Fsp3) is 0.531. The van der Waals surface area contributed by atoms with Gasteiger partial charge >= 0.3 is 23.9 Å². The molecule has 0 spiro atoms. The molecule has 0 aromatic heterocycles. The van der Waals surface area contributed by atoms with E-state index in [1.165, 1.54) is 0 Å². The minimum absolute atomic E-state index is 0.226. The number of hydrogen-bond donors (Lipinski definition) is 9. The zero-order valence-corrected chi connectivity index (χ0v) is 31.1. The largest absolute Gasteiger partial charge is 0.481 e. The van der Waals surface area contributed by atoms with Gasteiger partial charge in [0.2, 0.25) is 18.2 Å². The van der Waals surface area contributed by atoms with Crippen LogP contribution < -0.4 is 31.9 Å². The summed E-state index contributed by atoms with van der Waals surface area (Å²) in [6.45, 7) is 2.41. The molecule has 1 rings (SSSR count). The van der Waals surface area contributed by atoms with Crippen LogP contribution in [0.2, 0.25) is 0 Å². The number of carboxylic acid groups (broad SMARTS) is 3. The van der Waals surface area contributed by atoms with Crippen LogP contribution in [-0.4, -0.2) is 112 Å². The number of unbranched alkanes of at least 4 members (excludes halogenated alkanes) is 1. The van der Waals surface area contributed by atoms with Crippen molar-refractivity contribution in [3.63, 3.8) is 0 Å². The standard InChI is InChI=1S/C32H48N6O10S3/c1-3-6-23(17-21-8-10-22(11-9-21)37-32(48)34-12-5-4-7-24(31(46)47)35-20-39)36-26(19-28(42)43)30(45)38-25(18-27(40)41)29(44)33-13-14-50-51-16-15-49-2/h6,8-11,20,24-26,36H,3-5,7,12-19H2,1-2H3,(H,33,44)(H,35,39)(H,38,45)(H,40,41)(H,42,43)(H,46,47)(H2,34,37,48)/b23-6+/t24-,25-,26?/m0/s1. The SMILES string of the molecule is CC/C=C(\Cc1ccc(NC(=O)NCCCC[C@H](NC=O)C(=O)O)cc1)NC(CC(=O)O)C(=O)N[C@@H](CC(=O)O)C(=O)NCCSSCCSC. The van der Waals surface area contributed by atoms with Gasteiger partial charge < -0.3 is 47.2 Å². The van der Waals surface area contributed by atoms with Gasteiger partial charge in [0.25, 0.3) is 0 Å². The number of hydrogen-bond acceptors (Lipinski definition) is 11. The molecule has 1 aromatic carbocycles. The zero-order valence-electron chi connectivity index (χ0n) is 28.6. The maximum Gasteiger partial charge on any atom is 0.326 e. The van der Waals surface area contributed by atoms with E-state index < -0.39 is 66.7 Å². The van der Waals surface area contributed by atoms with Gasteiger partial charge in [-0.25, -0.2) is 9.59 Å². The Morgan fingerprint density at radius 3 is 2.02 bits per heavy atom. The first kappa shape index (κ1) is 44.9. The predicted octanol–water partition coefficient (Wildman–Crippen LogP) is 2.27. The van der Waals surface area contributed by atoms with Crippen LogP contribution in [0.15, 0.2) is 36.0 Å². The molecule has 0 saturated heterocycles. The zero-order chi connectivity index (χ0) is 38.0. The number of allylic oxidation sites excluding steroid dienone is 2. The Morgan fingerprint density at radius 2 is 1.43 bits per heavy atom. The number of carbonyl (C=O) groups excluding carboxylic acids is 4. The van der Waals surface area contributed by atoms with Crippen molar-refractivity contribution in [1.82, 2.24) is 26.6 Å². The Labute approximate surface area is 309 Å². The minimum Gasteiger partial charge on any atom is -0.481 e. The Balaban J connectivity index is 2.78. The number of aliphatic carboxylic acids is 3. The van der Waals surface area contributed by atoms with E-state index in [4.69, 9.17) is 5.11 Å². The van der Waals surface area contributed by atoms with Crippen LogP contribution in [-0.2, 0) is 35.2 Å². The number of carbonyl (C=O) groups is 7. The second-order valence-electron chi connectivity index (χ2n) is 10.9. The van der Waals surface area contributed by atoms with Crippen molar-refractivity contribution in [2.45, 2.75) is 70.0 Å². The number of nitrogens with one attached hydrogen (secondary N) is 6. The maximum absolute atomic E-state index is 13.3. The Hall–Kier alpha value is -4.10. The lowest BCUT2D eigenvalue weighted by atomic mass is 10.1. The third kappa shape index (κ3) is 21.0. The Morgan fingerprint density at radius 1 is 0.784 bits per heavy atom. The van der Waals surface area contributed by atoms with Gasteiger partial charge in [0.15, 0.2) is 0 Å². The summed E-state index contributed by atoms with van der Waals surface area (Å²) < 4.78 is 0. The normalized spacial score (nSPS) is 12.8. The van der Waals surface area contributed by atoms with Crippen molar-refractivity contribution < 1.29 is 48.9 Å². The van der Waals surface area contributed by atoms with E-state index in [-0.39, 0.29) is 25.9 Å². The average Bonchev–Trinajstić information content (AvgIpc) is 3.07. The summed E-state index contributed by atoms with van der Waals surface area (Å²) in [5.41, 5.74) is 1.79. The summed E-state index contributed by atoms with van der Waals surface area (Å²) in [5.74, 6) is -2.72. The van der Waals surface area contributed by atoms with E-state index in [2.05, 4.69) is 31.9 Å². The molecule has 9 N–H and O–H groups in total. The van der Waals surface area contributed by atoms with E-state index in [0.29, 0.717) is 42.8 Å². The third-order valence-corrected chi connectivity index (χ3v) is 10.1. The van der Waals surface area contributed by atoms with Crippen molar-refractivity contribution in [2.75, 3.05) is 41.9 Å². The Kier molecular flexibility index (Phi) is 23.5. The molecule has 0 heterocycles. The summed E-state index contributed by atoms with van der Waals surface area (Å²) in [6, 6.07) is 2.65. The summed E-state index contributed by atoms with van der Waals surface area (Å²) in [6.07, 6.45) is 4.83. The summed E-state index contributed by atoms with van der Waals surface area (Å²) in [5, 5.41) is 43.5. The highest BCUT2D eigenvalue weighted by molar-refractivity contribution is 8.76. The highest BCUT2D eigenvalue weighted by Gasteiger charge is 2.29.